The number of pyridine rings is 1. The first-order valence-electron chi connectivity index (χ1n) is 6.49. The summed E-state index contributed by atoms with van der Waals surface area (Å²) in [7, 11) is 0. The molecule has 0 radical (unpaired) electrons. The normalized spacial score (nSPS) is 23.1. The fourth-order valence-corrected chi connectivity index (χ4v) is 2.89. The van der Waals surface area contributed by atoms with Crippen LogP contribution in [0, 0.1) is 22.0 Å². The first-order chi connectivity index (χ1) is 9.06. The first kappa shape index (κ1) is 14.2. The molecule has 0 spiro atoms. The fourth-order valence-electron chi connectivity index (χ4n) is 2.57. The second kappa shape index (κ2) is 6.32. The van der Waals surface area contributed by atoms with E-state index in [4.69, 9.17) is 4.74 Å². The zero-order valence-electron chi connectivity index (χ0n) is 10.8. The molecule has 0 amide bonds. The van der Waals surface area contributed by atoms with E-state index in [1.54, 1.807) is 0 Å². The van der Waals surface area contributed by atoms with E-state index in [1.165, 1.54) is 25.1 Å². The molecule has 2 atom stereocenters. The van der Waals surface area contributed by atoms with Crippen LogP contribution < -0.4 is 4.74 Å². The van der Waals surface area contributed by atoms with Crippen molar-refractivity contribution in [3.8, 4) is 5.88 Å². The van der Waals surface area contributed by atoms with Gasteiger partial charge in [0, 0.05) is 16.7 Å². The number of hydrogen-bond donors (Lipinski definition) is 0. The molecule has 1 heterocycles. The molecule has 5 nitrogen and oxygen atoms in total. The Hall–Kier alpha value is -1.17. The largest absolute Gasteiger partial charge is 0.473 e. The summed E-state index contributed by atoms with van der Waals surface area (Å²) >= 11 is 3.18. The molecule has 6 heteroatoms. The summed E-state index contributed by atoms with van der Waals surface area (Å²) in [6, 6.07) is 1.42. The van der Waals surface area contributed by atoms with Crippen molar-refractivity contribution >= 4 is 21.6 Å². The topological polar surface area (TPSA) is 65.3 Å². The summed E-state index contributed by atoms with van der Waals surface area (Å²) in [6.07, 6.45) is 6.27. The van der Waals surface area contributed by atoms with E-state index < -0.39 is 4.92 Å². The molecule has 104 valence electrons. The molecule has 2 unspecified atom stereocenters. The van der Waals surface area contributed by atoms with Gasteiger partial charge in [0.2, 0.25) is 0 Å². The number of ether oxygens (including phenoxy) is 1. The highest BCUT2D eigenvalue weighted by atomic mass is 79.9. The van der Waals surface area contributed by atoms with Gasteiger partial charge < -0.3 is 4.74 Å². The van der Waals surface area contributed by atoms with Crippen molar-refractivity contribution in [3.63, 3.8) is 0 Å². The van der Waals surface area contributed by atoms with Crippen molar-refractivity contribution in [3.05, 3.63) is 26.9 Å². The van der Waals surface area contributed by atoms with Crippen LogP contribution in [0.15, 0.2) is 16.7 Å². The average Bonchev–Trinajstić information content (AvgIpc) is 2.37. The van der Waals surface area contributed by atoms with Crippen molar-refractivity contribution in [2.75, 3.05) is 6.61 Å². The Morgan fingerprint density at radius 1 is 1.58 bits per heavy atom. The highest BCUT2D eigenvalue weighted by Crippen LogP contribution is 2.31. The Morgan fingerprint density at radius 3 is 3.05 bits per heavy atom. The van der Waals surface area contributed by atoms with E-state index in [1.807, 2.05) is 0 Å². The standard InChI is InChI=1S/C13H17BrN2O3/c1-9-3-2-4-10(5-9)8-19-13-12(16(17)18)6-11(14)7-15-13/h6-7,9-10H,2-5,8H2,1H3. The smallest absolute Gasteiger partial charge is 0.332 e. The molecule has 0 aromatic carbocycles. The Balaban J connectivity index is 2.01. The zero-order valence-corrected chi connectivity index (χ0v) is 12.4. The third-order valence-electron chi connectivity index (χ3n) is 3.50. The third-order valence-corrected chi connectivity index (χ3v) is 3.93. The minimum absolute atomic E-state index is 0.0850. The predicted octanol–water partition coefficient (Wildman–Crippen LogP) is 3.96. The molecule has 1 aromatic heterocycles. The second-order valence-corrected chi connectivity index (χ2v) is 6.10. The molecule has 2 rings (SSSR count). The number of aromatic nitrogens is 1. The molecule has 1 saturated carbocycles. The van der Waals surface area contributed by atoms with Crippen LogP contribution >= 0.6 is 15.9 Å². The number of halogens is 1. The highest BCUT2D eigenvalue weighted by molar-refractivity contribution is 9.10. The first-order valence-corrected chi connectivity index (χ1v) is 7.28. The van der Waals surface area contributed by atoms with E-state index in [0.29, 0.717) is 17.0 Å². The molecule has 0 N–H and O–H groups in total. The average molecular weight is 329 g/mol. The van der Waals surface area contributed by atoms with Crippen LogP contribution in [0.1, 0.15) is 32.6 Å². The van der Waals surface area contributed by atoms with Gasteiger partial charge in [-0.1, -0.05) is 19.8 Å². The van der Waals surface area contributed by atoms with Gasteiger partial charge in [-0.05, 0) is 40.6 Å². The molecule has 1 aliphatic rings. The van der Waals surface area contributed by atoms with E-state index in [-0.39, 0.29) is 11.6 Å². The van der Waals surface area contributed by atoms with Crippen LogP contribution in [-0.2, 0) is 0 Å². The van der Waals surface area contributed by atoms with Crippen LogP contribution in [0.2, 0.25) is 0 Å². The van der Waals surface area contributed by atoms with Gasteiger partial charge >= 0.3 is 5.69 Å². The Bertz CT molecular complexity index is 467. The molecule has 1 aromatic rings. The van der Waals surface area contributed by atoms with Crippen molar-refractivity contribution in [1.82, 2.24) is 4.98 Å². The van der Waals surface area contributed by atoms with Crippen LogP contribution in [0.5, 0.6) is 5.88 Å². The van der Waals surface area contributed by atoms with Gasteiger partial charge in [-0.25, -0.2) is 4.98 Å². The lowest BCUT2D eigenvalue weighted by Gasteiger charge is -2.26. The quantitative estimate of drug-likeness (QED) is 0.619. The van der Waals surface area contributed by atoms with Crippen LogP contribution in [0.25, 0.3) is 0 Å². The predicted molar refractivity (Wildman–Crippen MR) is 75.2 cm³/mol. The molecule has 0 aliphatic heterocycles. The van der Waals surface area contributed by atoms with Crippen molar-refractivity contribution in [2.45, 2.75) is 32.6 Å². The number of rotatable bonds is 4. The van der Waals surface area contributed by atoms with Gasteiger partial charge in [0.25, 0.3) is 5.88 Å². The minimum atomic E-state index is -0.462. The van der Waals surface area contributed by atoms with Crippen molar-refractivity contribution in [2.24, 2.45) is 11.8 Å². The van der Waals surface area contributed by atoms with Gasteiger partial charge in [-0.2, -0.15) is 0 Å². The van der Waals surface area contributed by atoms with Gasteiger partial charge in [0.1, 0.15) is 0 Å². The summed E-state index contributed by atoms with van der Waals surface area (Å²) in [5.74, 6) is 1.32. The molecule has 1 fully saturated rings. The van der Waals surface area contributed by atoms with Crippen LogP contribution in [-0.4, -0.2) is 16.5 Å². The monoisotopic (exact) mass is 328 g/mol. The lowest BCUT2D eigenvalue weighted by molar-refractivity contribution is -0.386. The van der Waals surface area contributed by atoms with Gasteiger partial charge in [-0.3, -0.25) is 10.1 Å². The number of nitrogens with zero attached hydrogens (tertiary/aromatic N) is 2. The maximum atomic E-state index is 10.9. The van der Waals surface area contributed by atoms with Crippen molar-refractivity contribution < 1.29 is 9.66 Å². The molecule has 0 saturated heterocycles. The Labute approximate surface area is 120 Å². The lowest BCUT2D eigenvalue weighted by atomic mass is 9.83. The fraction of sp³-hybridized carbons (Fsp3) is 0.615. The molecule has 0 bridgehead atoms. The van der Waals surface area contributed by atoms with Crippen molar-refractivity contribution in [1.29, 1.82) is 0 Å². The van der Waals surface area contributed by atoms with E-state index in [9.17, 15) is 10.1 Å². The van der Waals surface area contributed by atoms with Crippen LogP contribution in [0.4, 0.5) is 5.69 Å². The zero-order chi connectivity index (χ0) is 13.8. The molecule has 19 heavy (non-hydrogen) atoms. The Kier molecular flexibility index (Phi) is 4.74. The SMILES string of the molecule is CC1CCCC(COc2ncc(Br)cc2[N+](=O)[O-])C1. The number of nitro groups is 1. The summed E-state index contributed by atoms with van der Waals surface area (Å²) in [4.78, 5) is 14.5. The maximum Gasteiger partial charge on any atom is 0.332 e. The van der Waals surface area contributed by atoms with Gasteiger partial charge in [0.05, 0.1) is 11.5 Å². The molecular weight excluding hydrogens is 312 g/mol. The summed E-state index contributed by atoms with van der Waals surface area (Å²) in [5.41, 5.74) is -0.0850. The Morgan fingerprint density at radius 2 is 2.37 bits per heavy atom. The lowest BCUT2D eigenvalue weighted by Crippen LogP contribution is -2.20. The van der Waals surface area contributed by atoms with E-state index in [0.717, 1.165) is 18.8 Å². The molecular formula is C13H17BrN2O3. The minimum Gasteiger partial charge on any atom is -0.473 e. The van der Waals surface area contributed by atoms with Gasteiger partial charge in [0.15, 0.2) is 0 Å². The summed E-state index contributed by atoms with van der Waals surface area (Å²) in [5, 5.41) is 10.9. The summed E-state index contributed by atoms with van der Waals surface area (Å²) < 4.78 is 6.15. The molecule has 1 aliphatic carbocycles. The second-order valence-electron chi connectivity index (χ2n) is 5.18. The van der Waals surface area contributed by atoms with Crippen LogP contribution in [0.3, 0.4) is 0 Å². The third kappa shape index (κ3) is 3.89. The maximum absolute atomic E-state index is 10.9. The van der Waals surface area contributed by atoms with E-state index >= 15 is 0 Å². The van der Waals surface area contributed by atoms with Gasteiger partial charge in [-0.15, -0.1) is 0 Å². The summed E-state index contributed by atoms with van der Waals surface area (Å²) in [6.45, 7) is 2.76. The number of hydrogen-bond acceptors (Lipinski definition) is 4. The van der Waals surface area contributed by atoms with E-state index in [2.05, 4.69) is 27.8 Å². The highest BCUT2D eigenvalue weighted by Gasteiger charge is 2.22.